The molecule has 2 aromatic rings. The minimum atomic E-state index is -1.31. The first-order valence-corrected chi connectivity index (χ1v) is 11.2. The second-order valence-electron chi connectivity index (χ2n) is 8.50. The summed E-state index contributed by atoms with van der Waals surface area (Å²) in [4.78, 5) is 28.0. The van der Waals surface area contributed by atoms with Crippen LogP contribution in [0.1, 0.15) is 43.7 Å². The van der Waals surface area contributed by atoms with Gasteiger partial charge in [-0.25, -0.2) is 0 Å². The van der Waals surface area contributed by atoms with Crippen molar-refractivity contribution < 1.29 is 19.2 Å². The Bertz CT molecular complexity index is 1070. The molecule has 3 aliphatic rings. The van der Waals surface area contributed by atoms with Crippen molar-refractivity contribution in [3.63, 3.8) is 0 Å². The van der Waals surface area contributed by atoms with Gasteiger partial charge in [0.05, 0.1) is 19.1 Å². The number of carbonyl (C=O) groups is 1. The third kappa shape index (κ3) is 2.75. The number of hydrogen-bond acceptors (Lipinski definition) is 6. The van der Waals surface area contributed by atoms with Crippen molar-refractivity contribution in [2.45, 2.75) is 50.2 Å². The van der Waals surface area contributed by atoms with Crippen molar-refractivity contribution in [2.75, 3.05) is 25.1 Å². The van der Waals surface area contributed by atoms with Gasteiger partial charge in [-0.2, -0.15) is 0 Å². The highest BCUT2D eigenvalue weighted by Gasteiger charge is 2.73. The van der Waals surface area contributed by atoms with Gasteiger partial charge in [0.1, 0.15) is 0 Å². The van der Waals surface area contributed by atoms with E-state index in [-0.39, 0.29) is 16.9 Å². The summed E-state index contributed by atoms with van der Waals surface area (Å²) in [5.74, 6) is 0.455. The van der Waals surface area contributed by atoms with Crippen molar-refractivity contribution in [2.24, 2.45) is 0 Å². The Hall–Kier alpha value is -3.13. The molecule has 8 heteroatoms. The van der Waals surface area contributed by atoms with Crippen LogP contribution in [0.3, 0.4) is 0 Å². The number of nitrogens with zero attached hydrogens (tertiary/aromatic N) is 2. The summed E-state index contributed by atoms with van der Waals surface area (Å²) in [6.45, 7) is 5.41. The number of fused-ring (bicyclic) bond motifs is 4. The van der Waals surface area contributed by atoms with Crippen LogP contribution in [-0.4, -0.2) is 47.6 Å². The van der Waals surface area contributed by atoms with E-state index in [0.717, 1.165) is 18.4 Å². The second kappa shape index (κ2) is 7.78. The Morgan fingerprint density at radius 2 is 1.91 bits per heavy atom. The van der Waals surface area contributed by atoms with Crippen molar-refractivity contribution in [1.82, 2.24) is 4.90 Å². The quantitative estimate of drug-likeness (QED) is 0.549. The normalized spacial score (nSPS) is 28.4. The molecule has 4 atom stereocenters. The molecule has 32 heavy (non-hydrogen) atoms. The van der Waals surface area contributed by atoms with Gasteiger partial charge >= 0.3 is 0 Å². The van der Waals surface area contributed by atoms with E-state index in [1.165, 1.54) is 0 Å². The molecule has 3 heterocycles. The Morgan fingerprint density at radius 3 is 2.66 bits per heavy atom. The summed E-state index contributed by atoms with van der Waals surface area (Å²) >= 11 is 0. The molecule has 8 nitrogen and oxygen atoms in total. The molecule has 0 bridgehead atoms. The van der Waals surface area contributed by atoms with Gasteiger partial charge in [-0.1, -0.05) is 24.3 Å². The molecule has 0 unspecified atom stereocenters. The largest absolute Gasteiger partial charge is 0.490 e. The minimum Gasteiger partial charge on any atom is -0.490 e. The number of rotatable bonds is 6. The maximum absolute atomic E-state index is 13.5. The van der Waals surface area contributed by atoms with Crippen LogP contribution in [0.5, 0.6) is 11.5 Å². The summed E-state index contributed by atoms with van der Waals surface area (Å²) in [5, 5.41) is 15.6. The molecule has 2 saturated heterocycles. The first-order chi connectivity index (χ1) is 15.5. The van der Waals surface area contributed by atoms with Crippen molar-refractivity contribution >= 4 is 11.6 Å². The van der Waals surface area contributed by atoms with Crippen LogP contribution in [0.25, 0.3) is 0 Å². The maximum Gasteiger partial charge on any atom is 0.256 e. The topological polar surface area (TPSA) is 93.9 Å². The fourth-order valence-corrected chi connectivity index (χ4v) is 6.05. The highest BCUT2D eigenvalue weighted by atomic mass is 16.6. The molecule has 0 aromatic heterocycles. The molecule has 1 N–H and O–H groups in total. The lowest BCUT2D eigenvalue weighted by Crippen LogP contribution is -2.55. The van der Waals surface area contributed by atoms with Gasteiger partial charge in [0.2, 0.25) is 0 Å². The Labute approximate surface area is 186 Å². The highest BCUT2D eigenvalue weighted by molar-refractivity contribution is 6.07. The molecular weight excluding hydrogens is 410 g/mol. The molecule has 1 amide bonds. The number of para-hydroxylation sites is 1. The summed E-state index contributed by atoms with van der Waals surface area (Å²) in [7, 11) is 0. The van der Waals surface area contributed by atoms with Crippen LogP contribution in [-0.2, 0) is 10.3 Å². The van der Waals surface area contributed by atoms with Crippen molar-refractivity contribution in [3.05, 3.63) is 63.7 Å². The standard InChI is InChI=1S/C24H27N3O5/c1-3-31-19-12-11-15(14-20(19)32-4-2)21-18-10-7-13-26(18)24(22(21)27(29)30)16-8-5-6-9-17(16)25-23(24)28/h5-6,8-9,11-12,14,18,21-22H,3-4,7,10,13H2,1-2H3,(H,25,28)/t18-,21+,22-,24-/m0/s1. The van der Waals surface area contributed by atoms with Gasteiger partial charge in [-0.3, -0.25) is 19.8 Å². The second-order valence-corrected chi connectivity index (χ2v) is 8.50. The molecule has 168 valence electrons. The van der Waals surface area contributed by atoms with E-state index in [0.29, 0.717) is 42.5 Å². The minimum absolute atomic E-state index is 0.102. The van der Waals surface area contributed by atoms with E-state index in [1.807, 2.05) is 56.3 Å². The first kappa shape index (κ1) is 20.8. The molecule has 2 aromatic carbocycles. The summed E-state index contributed by atoms with van der Waals surface area (Å²) < 4.78 is 11.5. The van der Waals surface area contributed by atoms with E-state index < -0.39 is 17.5 Å². The zero-order chi connectivity index (χ0) is 22.5. The summed E-state index contributed by atoms with van der Waals surface area (Å²) in [6, 6.07) is 11.7. The average Bonchev–Trinajstić information content (AvgIpc) is 3.43. The predicted molar refractivity (Wildman–Crippen MR) is 119 cm³/mol. The van der Waals surface area contributed by atoms with Crippen LogP contribution < -0.4 is 14.8 Å². The molecule has 2 fully saturated rings. The molecule has 0 saturated carbocycles. The van der Waals surface area contributed by atoms with Crippen LogP contribution in [0.4, 0.5) is 5.69 Å². The number of nitro groups is 1. The third-order valence-corrected chi connectivity index (χ3v) is 7.05. The van der Waals surface area contributed by atoms with Crippen molar-refractivity contribution in [1.29, 1.82) is 0 Å². The fourth-order valence-electron chi connectivity index (χ4n) is 6.05. The van der Waals surface area contributed by atoms with Crippen LogP contribution >= 0.6 is 0 Å². The number of hydrogen-bond donors (Lipinski definition) is 1. The molecule has 1 spiro atoms. The monoisotopic (exact) mass is 437 g/mol. The van der Waals surface area contributed by atoms with E-state index >= 15 is 0 Å². The molecule has 3 aliphatic heterocycles. The van der Waals surface area contributed by atoms with E-state index in [4.69, 9.17) is 9.47 Å². The molecule has 5 rings (SSSR count). The lowest BCUT2D eigenvalue weighted by molar-refractivity contribution is -0.534. The molecule has 0 aliphatic carbocycles. The Kier molecular flexibility index (Phi) is 5.04. The van der Waals surface area contributed by atoms with Crippen LogP contribution in [0.2, 0.25) is 0 Å². The van der Waals surface area contributed by atoms with Crippen LogP contribution in [0, 0.1) is 10.1 Å². The fraction of sp³-hybridized carbons (Fsp3) is 0.458. The van der Waals surface area contributed by atoms with Crippen LogP contribution in [0.15, 0.2) is 42.5 Å². The van der Waals surface area contributed by atoms with Gasteiger partial charge in [-0.05, 0) is 50.5 Å². The van der Waals surface area contributed by atoms with E-state index in [1.54, 1.807) is 0 Å². The van der Waals surface area contributed by atoms with Gasteiger partial charge in [-0.15, -0.1) is 0 Å². The number of carbonyl (C=O) groups excluding carboxylic acids is 1. The zero-order valence-corrected chi connectivity index (χ0v) is 18.2. The van der Waals surface area contributed by atoms with E-state index in [2.05, 4.69) is 10.2 Å². The number of benzene rings is 2. The van der Waals surface area contributed by atoms with Gasteiger partial charge in [0.25, 0.3) is 11.9 Å². The SMILES string of the molecule is CCOc1ccc([C@H]2[C@H]([N+](=O)[O-])[C@@]3(C(=O)Nc4ccccc43)N3CCC[C@@H]23)cc1OCC. The zero-order valence-electron chi connectivity index (χ0n) is 18.2. The van der Waals surface area contributed by atoms with Crippen molar-refractivity contribution in [3.8, 4) is 11.5 Å². The lowest BCUT2D eigenvalue weighted by atomic mass is 9.77. The number of amides is 1. The third-order valence-electron chi connectivity index (χ3n) is 7.05. The number of ether oxygens (including phenoxy) is 2. The molecule has 0 radical (unpaired) electrons. The smallest absolute Gasteiger partial charge is 0.256 e. The summed E-state index contributed by atoms with van der Waals surface area (Å²) in [5.41, 5.74) is 0.870. The highest BCUT2D eigenvalue weighted by Crippen LogP contribution is 2.58. The number of anilines is 1. The Balaban J connectivity index is 1.69. The number of nitrogens with one attached hydrogen (secondary N) is 1. The average molecular weight is 437 g/mol. The van der Waals surface area contributed by atoms with Gasteiger partial charge < -0.3 is 14.8 Å². The van der Waals surface area contributed by atoms with E-state index in [9.17, 15) is 14.9 Å². The van der Waals surface area contributed by atoms with Gasteiger partial charge in [0.15, 0.2) is 17.0 Å². The first-order valence-electron chi connectivity index (χ1n) is 11.2. The lowest BCUT2D eigenvalue weighted by Gasteiger charge is -2.32. The molecular formula is C24H27N3O5. The Morgan fingerprint density at radius 1 is 1.16 bits per heavy atom. The predicted octanol–water partition coefficient (Wildman–Crippen LogP) is 3.54. The summed E-state index contributed by atoms with van der Waals surface area (Å²) in [6.07, 6.45) is 1.71. The van der Waals surface area contributed by atoms with Gasteiger partial charge in [0, 0.05) is 28.8 Å². The maximum atomic E-state index is 13.5.